The fraction of sp³-hybridized carbons (Fsp3) is 0.303. The molecule has 0 saturated carbocycles. The predicted octanol–water partition coefficient (Wildman–Crippen LogP) is 3.90. The zero-order chi connectivity index (χ0) is 35.1. The molecule has 0 aromatic heterocycles. The topological polar surface area (TPSA) is 222 Å². The van der Waals surface area contributed by atoms with E-state index in [1.54, 1.807) is 63.2 Å². The normalized spacial score (nSPS) is 11.8. The maximum absolute atomic E-state index is 13.6. The van der Waals surface area contributed by atoms with Gasteiger partial charge in [-0.15, -0.1) is 0 Å². The second-order valence-corrected chi connectivity index (χ2v) is 11.1. The van der Waals surface area contributed by atoms with Gasteiger partial charge in [-0.1, -0.05) is 36.4 Å². The molecule has 14 nitrogen and oxygen atoms in total. The molecule has 3 aromatic carbocycles. The number of nitrogen functional groups attached to an aromatic ring is 1. The minimum atomic E-state index is -1.46. The van der Waals surface area contributed by atoms with Gasteiger partial charge in [0.25, 0.3) is 5.97 Å². The second-order valence-electron chi connectivity index (χ2n) is 11.1. The Hall–Kier alpha value is -5.79. The fourth-order valence-electron chi connectivity index (χ4n) is 3.89. The van der Waals surface area contributed by atoms with Gasteiger partial charge in [0.15, 0.2) is 11.5 Å². The molecule has 0 unspecified atom stereocenters. The van der Waals surface area contributed by atoms with Gasteiger partial charge in [0.05, 0.1) is 13.7 Å². The van der Waals surface area contributed by atoms with Gasteiger partial charge in [0, 0.05) is 18.2 Å². The maximum Gasteiger partial charge on any atom is 0.407 e. The molecule has 0 saturated heterocycles. The van der Waals surface area contributed by atoms with Gasteiger partial charge < -0.3 is 46.1 Å². The first kappa shape index (κ1) is 37.4. The lowest BCUT2D eigenvalue weighted by Gasteiger charge is -2.24. The van der Waals surface area contributed by atoms with Gasteiger partial charge in [0.1, 0.15) is 30.1 Å². The Morgan fingerprint density at radius 2 is 1.55 bits per heavy atom. The van der Waals surface area contributed by atoms with Crippen LogP contribution in [-0.4, -0.2) is 65.3 Å². The molecule has 0 spiro atoms. The number of carboxylic acid groups (broad SMARTS) is 2. The summed E-state index contributed by atoms with van der Waals surface area (Å²) in [5.41, 5.74) is 7.18. The number of hydrogen-bond acceptors (Lipinski definition) is 9. The van der Waals surface area contributed by atoms with Gasteiger partial charge >= 0.3 is 12.1 Å². The highest BCUT2D eigenvalue weighted by molar-refractivity contribution is 5.95. The summed E-state index contributed by atoms with van der Waals surface area (Å²) in [6.07, 6.45) is -0.816. The Bertz CT molecular complexity index is 1520. The summed E-state index contributed by atoms with van der Waals surface area (Å²) in [5, 5.41) is 32.8. The van der Waals surface area contributed by atoms with E-state index in [9.17, 15) is 19.5 Å². The van der Waals surface area contributed by atoms with Crippen LogP contribution in [0, 0.1) is 5.41 Å². The van der Waals surface area contributed by atoms with E-state index in [4.69, 9.17) is 35.3 Å². The first-order valence-electron chi connectivity index (χ1n) is 14.3. The highest BCUT2D eigenvalue weighted by atomic mass is 16.6. The monoisotopic (exact) mass is 651 g/mol. The zero-order valence-electron chi connectivity index (χ0n) is 26.8. The number of anilines is 1. The molecule has 3 aromatic rings. The molecule has 47 heavy (non-hydrogen) atoms. The SMILES string of the molecule is CC(=O)O.COc1cc([C@H](Nc2ccc(C(=N)N)cc2)C(=O)N[C@@H](CNC(=O)OC(C)(C)C)C(=O)O)ccc1OCc1ccccc1. The van der Waals surface area contributed by atoms with Crippen LogP contribution in [0.15, 0.2) is 72.8 Å². The average molecular weight is 652 g/mol. The minimum absolute atomic E-state index is 0.113. The summed E-state index contributed by atoms with van der Waals surface area (Å²) >= 11 is 0. The summed E-state index contributed by atoms with van der Waals surface area (Å²) in [7, 11) is 1.47. The van der Waals surface area contributed by atoms with Gasteiger partial charge in [-0.05, 0) is 68.3 Å². The maximum atomic E-state index is 13.6. The predicted molar refractivity (Wildman–Crippen MR) is 175 cm³/mol. The van der Waals surface area contributed by atoms with Crippen molar-refractivity contribution in [3.05, 3.63) is 89.5 Å². The summed E-state index contributed by atoms with van der Waals surface area (Å²) in [5.74, 6) is -2.17. The highest BCUT2D eigenvalue weighted by Gasteiger charge is 2.28. The Balaban J connectivity index is 0.00000181. The number of carbonyl (C=O) groups excluding carboxylic acids is 2. The number of carbonyl (C=O) groups is 4. The summed E-state index contributed by atoms with van der Waals surface area (Å²) < 4.78 is 16.6. The lowest BCUT2D eigenvalue weighted by Crippen LogP contribution is -2.51. The van der Waals surface area contributed by atoms with Crippen LogP contribution in [-0.2, 0) is 25.7 Å². The Labute approximate surface area is 272 Å². The Morgan fingerprint density at radius 3 is 2.09 bits per heavy atom. The quantitative estimate of drug-likeness (QED) is 0.104. The van der Waals surface area contributed by atoms with Crippen molar-refractivity contribution < 1.29 is 43.6 Å². The molecule has 0 aliphatic heterocycles. The number of nitrogens with one attached hydrogen (secondary N) is 4. The van der Waals surface area contributed by atoms with Crippen LogP contribution in [0.1, 0.15) is 50.4 Å². The van der Waals surface area contributed by atoms with E-state index in [2.05, 4.69) is 16.0 Å². The fourth-order valence-corrected chi connectivity index (χ4v) is 3.89. The molecule has 0 radical (unpaired) electrons. The number of benzene rings is 3. The van der Waals surface area contributed by atoms with Crippen molar-refractivity contribution in [3.63, 3.8) is 0 Å². The molecule has 0 bridgehead atoms. The number of alkyl carbamates (subject to hydrolysis) is 1. The molecular formula is C33H41N5O9. The molecule has 0 aliphatic rings. The number of hydrogen-bond donors (Lipinski definition) is 7. The van der Waals surface area contributed by atoms with Crippen molar-refractivity contribution in [2.45, 2.75) is 52.0 Å². The van der Waals surface area contributed by atoms with Crippen LogP contribution < -0.4 is 31.2 Å². The number of ether oxygens (including phenoxy) is 3. The van der Waals surface area contributed by atoms with E-state index in [0.717, 1.165) is 12.5 Å². The summed E-state index contributed by atoms with van der Waals surface area (Å²) in [4.78, 5) is 46.7. The number of carboxylic acids is 2. The molecule has 8 N–H and O–H groups in total. The van der Waals surface area contributed by atoms with E-state index in [0.29, 0.717) is 34.9 Å². The summed E-state index contributed by atoms with van der Waals surface area (Å²) in [6.45, 7) is 6.00. The number of methoxy groups -OCH3 is 1. The van der Waals surface area contributed by atoms with Gasteiger partial charge in [-0.2, -0.15) is 0 Å². The van der Waals surface area contributed by atoms with Crippen LogP contribution in [0.4, 0.5) is 10.5 Å². The van der Waals surface area contributed by atoms with Gasteiger partial charge in [0.2, 0.25) is 5.91 Å². The third kappa shape index (κ3) is 13.4. The summed E-state index contributed by atoms with van der Waals surface area (Å²) in [6, 6.07) is 18.5. The molecule has 252 valence electrons. The molecule has 2 amide bonds. The van der Waals surface area contributed by atoms with E-state index in [1.165, 1.54) is 7.11 Å². The first-order valence-corrected chi connectivity index (χ1v) is 14.3. The molecule has 3 rings (SSSR count). The lowest BCUT2D eigenvalue weighted by atomic mass is 10.0. The van der Waals surface area contributed by atoms with E-state index in [-0.39, 0.29) is 5.84 Å². The largest absolute Gasteiger partial charge is 0.493 e. The van der Waals surface area contributed by atoms with Crippen molar-refractivity contribution in [1.82, 2.24) is 10.6 Å². The van der Waals surface area contributed by atoms with Crippen molar-refractivity contribution in [2.75, 3.05) is 19.0 Å². The highest BCUT2D eigenvalue weighted by Crippen LogP contribution is 2.32. The number of rotatable bonds is 13. The lowest BCUT2D eigenvalue weighted by molar-refractivity contribution is -0.141. The van der Waals surface area contributed by atoms with Gasteiger partial charge in [-0.25, -0.2) is 9.59 Å². The first-order chi connectivity index (χ1) is 22.1. The Kier molecular flexibility index (Phi) is 14.0. The number of nitrogens with two attached hydrogens (primary N) is 1. The third-order valence-electron chi connectivity index (χ3n) is 5.99. The molecule has 0 aliphatic carbocycles. The standard InChI is InChI=1S/C31H37N5O7.C2H4O2/c1-31(2,3)43-30(40)34-17-23(29(38)39)36-28(37)26(35-22-13-10-20(11-14-22)27(32)33)21-12-15-24(25(16-21)41-4)42-18-19-8-6-5-7-9-19;1-2(3)4/h5-16,23,26,35H,17-18H2,1-4H3,(H3,32,33)(H,34,40)(H,36,37)(H,38,39);1H3,(H,3,4)/t23-,26-;/m0./s1. The third-order valence-corrected chi connectivity index (χ3v) is 5.99. The van der Waals surface area contributed by atoms with E-state index in [1.807, 2.05) is 30.3 Å². The van der Waals surface area contributed by atoms with Gasteiger partial charge in [-0.3, -0.25) is 15.0 Å². The van der Waals surface area contributed by atoms with Crippen molar-refractivity contribution in [3.8, 4) is 11.5 Å². The van der Waals surface area contributed by atoms with Crippen molar-refractivity contribution in [1.29, 1.82) is 5.41 Å². The van der Waals surface area contributed by atoms with Crippen LogP contribution in [0.3, 0.4) is 0 Å². The molecular weight excluding hydrogens is 610 g/mol. The van der Waals surface area contributed by atoms with E-state index < -0.39 is 48.2 Å². The molecule has 2 atom stereocenters. The molecule has 14 heteroatoms. The molecule has 0 heterocycles. The number of aliphatic carboxylic acids is 2. The zero-order valence-corrected chi connectivity index (χ0v) is 26.8. The van der Waals surface area contributed by atoms with Crippen LogP contribution >= 0.6 is 0 Å². The van der Waals surface area contributed by atoms with Crippen molar-refractivity contribution in [2.24, 2.45) is 5.73 Å². The van der Waals surface area contributed by atoms with Crippen LogP contribution in [0.25, 0.3) is 0 Å². The number of amides is 2. The average Bonchev–Trinajstić information content (AvgIpc) is 3.00. The van der Waals surface area contributed by atoms with Crippen LogP contribution in [0.2, 0.25) is 0 Å². The molecule has 0 fully saturated rings. The van der Waals surface area contributed by atoms with Crippen molar-refractivity contribution >= 4 is 35.5 Å². The van der Waals surface area contributed by atoms with Crippen LogP contribution in [0.5, 0.6) is 11.5 Å². The second kappa shape index (κ2) is 17.6. The number of amidine groups is 1. The Morgan fingerprint density at radius 1 is 0.936 bits per heavy atom. The van der Waals surface area contributed by atoms with E-state index >= 15 is 0 Å². The minimum Gasteiger partial charge on any atom is -0.493 e. The smallest absolute Gasteiger partial charge is 0.407 e.